The number of aromatic nitrogens is 1. The maximum Gasteiger partial charge on any atom is 0.224 e. The molecule has 0 fully saturated rings. The minimum Gasteiger partial charge on any atom is -0.386 e. The Morgan fingerprint density at radius 2 is 2.00 bits per heavy atom. The molecule has 0 saturated heterocycles. The number of para-hydroxylation sites is 1. The number of carbonyl (C=O) groups is 1. The third kappa shape index (κ3) is 3.78. The van der Waals surface area contributed by atoms with Gasteiger partial charge >= 0.3 is 0 Å². The molecular formula is C21H23FN2O2. The van der Waals surface area contributed by atoms with E-state index in [9.17, 15) is 14.3 Å². The second kappa shape index (κ2) is 7.70. The normalized spacial score (nSPS) is 13.5. The van der Waals surface area contributed by atoms with Gasteiger partial charge in [-0.2, -0.15) is 0 Å². The van der Waals surface area contributed by atoms with Gasteiger partial charge in [0.25, 0.3) is 0 Å². The Morgan fingerprint density at radius 3 is 2.73 bits per heavy atom. The molecule has 2 atom stereocenters. The van der Waals surface area contributed by atoms with Crippen LogP contribution in [0.25, 0.3) is 10.9 Å². The predicted molar refractivity (Wildman–Crippen MR) is 100 cm³/mol. The van der Waals surface area contributed by atoms with E-state index < -0.39 is 18.0 Å². The first-order chi connectivity index (χ1) is 12.5. The van der Waals surface area contributed by atoms with Crippen molar-refractivity contribution in [2.75, 3.05) is 0 Å². The molecule has 136 valence electrons. The van der Waals surface area contributed by atoms with Gasteiger partial charge in [-0.3, -0.25) is 4.79 Å². The zero-order valence-electron chi connectivity index (χ0n) is 14.9. The van der Waals surface area contributed by atoms with Crippen molar-refractivity contribution >= 4 is 16.8 Å². The van der Waals surface area contributed by atoms with Crippen molar-refractivity contribution in [2.45, 2.75) is 39.0 Å². The minimum atomic E-state index is -0.966. The number of aliphatic hydroxyl groups excluding tert-OH is 1. The number of aryl methyl sites for hydroxylation is 1. The second-order valence-electron chi connectivity index (χ2n) is 6.49. The number of rotatable bonds is 6. The largest absolute Gasteiger partial charge is 0.386 e. The Kier molecular flexibility index (Phi) is 5.38. The van der Waals surface area contributed by atoms with Crippen LogP contribution < -0.4 is 5.32 Å². The van der Waals surface area contributed by atoms with Crippen molar-refractivity contribution in [1.82, 2.24) is 9.88 Å². The molecule has 0 aliphatic carbocycles. The number of fused-ring (bicyclic) bond motifs is 1. The van der Waals surface area contributed by atoms with Crippen LogP contribution in [0, 0.1) is 5.82 Å². The number of benzene rings is 2. The number of amides is 1. The van der Waals surface area contributed by atoms with Crippen molar-refractivity contribution in [3.05, 3.63) is 71.7 Å². The number of carbonyl (C=O) groups excluding carboxylic acids is 1. The molecule has 0 saturated carbocycles. The first kappa shape index (κ1) is 18.1. The maximum absolute atomic E-state index is 13.3. The average Bonchev–Trinajstić information content (AvgIpc) is 2.98. The van der Waals surface area contributed by atoms with Crippen molar-refractivity contribution in [1.29, 1.82) is 0 Å². The lowest BCUT2D eigenvalue weighted by molar-refractivity contribution is -0.121. The zero-order valence-corrected chi connectivity index (χ0v) is 14.9. The number of hydrogen-bond acceptors (Lipinski definition) is 2. The fourth-order valence-electron chi connectivity index (χ4n) is 3.26. The van der Waals surface area contributed by atoms with Crippen molar-refractivity contribution < 1.29 is 14.3 Å². The van der Waals surface area contributed by atoms with Gasteiger partial charge in [0, 0.05) is 23.6 Å². The quantitative estimate of drug-likeness (QED) is 0.711. The molecule has 1 aromatic heterocycles. The number of nitrogens with zero attached hydrogens (tertiary/aromatic N) is 1. The van der Waals surface area contributed by atoms with Crippen LogP contribution in [-0.4, -0.2) is 21.6 Å². The van der Waals surface area contributed by atoms with Gasteiger partial charge in [0.2, 0.25) is 5.91 Å². The molecule has 3 aromatic rings. The highest BCUT2D eigenvalue weighted by Crippen LogP contribution is 2.22. The van der Waals surface area contributed by atoms with Gasteiger partial charge in [0.1, 0.15) is 5.82 Å². The lowest BCUT2D eigenvalue weighted by atomic mass is 10.0. The number of aliphatic hydroxyl groups is 1. The first-order valence-corrected chi connectivity index (χ1v) is 8.79. The fraction of sp³-hybridized carbons (Fsp3) is 0.286. The fourth-order valence-corrected chi connectivity index (χ4v) is 3.26. The summed E-state index contributed by atoms with van der Waals surface area (Å²) in [4.78, 5) is 12.5. The Hall–Kier alpha value is -2.66. The maximum atomic E-state index is 13.3. The summed E-state index contributed by atoms with van der Waals surface area (Å²) in [5.41, 5.74) is 2.50. The van der Waals surface area contributed by atoms with Crippen LogP contribution in [0.15, 0.2) is 54.7 Å². The predicted octanol–water partition coefficient (Wildman–Crippen LogP) is 3.58. The van der Waals surface area contributed by atoms with E-state index in [-0.39, 0.29) is 12.3 Å². The van der Waals surface area contributed by atoms with Crippen molar-refractivity contribution in [2.24, 2.45) is 0 Å². The van der Waals surface area contributed by atoms with Crippen LogP contribution in [0.2, 0.25) is 0 Å². The molecule has 0 radical (unpaired) electrons. The zero-order chi connectivity index (χ0) is 18.7. The van der Waals surface area contributed by atoms with Gasteiger partial charge in [-0.05, 0) is 43.2 Å². The van der Waals surface area contributed by atoms with Gasteiger partial charge in [0.05, 0.1) is 18.6 Å². The molecule has 26 heavy (non-hydrogen) atoms. The van der Waals surface area contributed by atoms with Crippen LogP contribution in [0.1, 0.15) is 31.1 Å². The van der Waals surface area contributed by atoms with Crippen LogP contribution in [-0.2, 0) is 17.8 Å². The van der Waals surface area contributed by atoms with E-state index in [2.05, 4.69) is 16.8 Å². The van der Waals surface area contributed by atoms with E-state index in [4.69, 9.17) is 0 Å². The molecule has 4 nitrogen and oxygen atoms in total. The average molecular weight is 354 g/mol. The van der Waals surface area contributed by atoms with E-state index in [0.29, 0.717) is 5.56 Å². The Bertz CT molecular complexity index is 919. The molecule has 2 N–H and O–H groups in total. The van der Waals surface area contributed by atoms with E-state index in [1.165, 1.54) is 12.1 Å². The molecular weight excluding hydrogens is 331 g/mol. The topological polar surface area (TPSA) is 54.3 Å². The van der Waals surface area contributed by atoms with E-state index in [0.717, 1.165) is 23.0 Å². The van der Waals surface area contributed by atoms with E-state index in [1.54, 1.807) is 19.1 Å². The monoisotopic (exact) mass is 354 g/mol. The highest BCUT2D eigenvalue weighted by atomic mass is 19.1. The smallest absolute Gasteiger partial charge is 0.224 e. The molecule has 1 amide bonds. The van der Waals surface area contributed by atoms with Gasteiger partial charge < -0.3 is 15.0 Å². The third-order valence-electron chi connectivity index (χ3n) is 4.62. The second-order valence-corrected chi connectivity index (χ2v) is 6.49. The summed E-state index contributed by atoms with van der Waals surface area (Å²) in [6.45, 7) is 4.60. The van der Waals surface area contributed by atoms with Crippen LogP contribution >= 0.6 is 0 Å². The van der Waals surface area contributed by atoms with Gasteiger partial charge in [-0.15, -0.1) is 0 Å². The molecule has 2 aromatic carbocycles. The molecule has 0 spiro atoms. The van der Waals surface area contributed by atoms with Gasteiger partial charge in [0.15, 0.2) is 0 Å². The van der Waals surface area contributed by atoms with Crippen LogP contribution in [0.5, 0.6) is 0 Å². The minimum absolute atomic E-state index is 0.174. The summed E-state index contributed by atoms with van der Waals surface area (Å²) < 4.78 is 15.4. The van der Waals surface area contributed by atoms with Gasteiger partial charge in [-0.25, -0.2) is 4.39 Å². The summed E-state index contributed by atoms with van der Waals surface area (Å²) in [5.74, 6) is -0.584. The summed E-state index contributed by atoms with van der Waals surface area (Å²) in [5, 5.41) is 14.2. The molecule has 0 bridgehead atoms. The molecule has 1 heterocycles. The Balaban J connectivity index is 1.71. The number of nitrogens with one attached hydrogen (secondary N) is 1. The highest BCUT2D eigenvalue weighted by molar-refractivity contribution is 5.89. The van der Waals surface area contributed by atoms with Crippen LogP contribution in [0.3, 0.4) is 0 Å². The summed E-state index contributed by atoms with van der Waals surface area (Å²) >= 11 is 0. The Morgan fingerprint density at radius 1 is 1.23 bits per heavy atom. The van der Waals surface area contributed by atoms with Crippen molar-refractivity contribution in [3.63, 3.8) is 0 Å². The molecule has 0 aliphatic rings. The Labute approximate surface area is 152 Å². The summed E-state index contributed by atoms with van der Waals surface area (Å²) in [6.07, 6.45) is 1.26. The SMILES string of the molecule is CCn1cc(CC(=O)NC(C)C(O)c2cccc(F)c2)c2ccccc21. The number of hydrogen-bond donors (Lipinski definition) is 2. The molecule has 5 heteroatoms. The lowest BCUT2D eigenvalue weighted by Gasteiger charge is -2.20. The number of halogens is 1. The summed E-state index contributed by atoms with van der Waals surface area (Å²) in [6, 6.07) is 13.3. The van der Waals surface area contributed by atoms with Gasteiger partial charge in [-0.1, -0.05) is 30.3 Å². The van der Waals surface area contributed by atoms with Crippen LogP contribution in [0.4, 0.5) is 4.39 Å². The first-order valence-electron chi connectivity index (χ1n) is 8.79. The third-order valence-corrected chi connectivity index (χ3v) is 4.62. The van der Waals surface area contributed by atoms with E-state index >= 15 is 0 Å². The van der Waals surface area contributed by atoms with Crippen molar-refractivity contribution in [3.8, 4) is 0 Å². The highest BCUT2D eigenvalue weighted by Gasteiger charge is 2.20. The molecule has 3 rings (SSSR count). The summed E-state index contributed by atoms with van der Waals surface area (Å²) in [7, 11) is 0. The molecule has 0 aliphatic heterocycles. The molecule has 2 unspecified atom stereocenters. The standard InChI is InChI=1S/C21H23FN2O2/c1-3-24-13-16(18-9-4-5-10-19(18)24)12-20(25)23-14(2)21(26)15-7-6-8-17(22)11-15/h4-11,13-14,21,26H,3,12H2,1-2H3,(H,23,25). The lowest BCUT2D eigenvalue weighted by Crippen LogP contribution is -2.37. The van der Waals surface area contributed by atoms with E-state index in [1.807, 2.05) is 30.5 Å².